The van der Waals surface area contributed by atoms with Crippen molar-refractivity contribution in [3.05, 3.63) is 24.3 Å². The zero-order valence-corrected chi connectivity index (χ0v) is 10.2. The first-order chi connectivity index (χ1) is 8.13. The van der Waals surface area contributed by atoms with Crippen LogP contribution in [0, 0.1) is 0 Å². The van der Waals surface area contributed by atoms with Gasteiger partial charge in [0.15, 0.2) is 5.78 Å². The third-order valence-electron chi connectivity index (χ3n) is 2.33. The van der Waals surface area contributed by atoms with E-state index in [1.807, 2.05) is 6.08 Å². The van der Waals surface area contributed by atoms with Crippen molar-refractivity contribution >= 4 is 5.78 Å². The van der Waals surface area contributed by atoms with E-state index in [1.54, 1.807) is 6.08 Å². The Bertz CT molecular complexity index is 258. The minimum Gasteiger partial charge on any atom is -0.394 e. The minimum absolute atomic E-state index is 0.607. The number of aliphatic hydroxyl groups excluding tert-OH is 3. The zero-order chi connectivity index (χ0) is 13.1. The van der Waals surface area contributed by atoms with Gasteiger partial charge in [-0.15, -0.1) is 0 Å². The van der Waals surface area contributed by atoms with Gasteiger partial charge in [-0.25, -0.2) is 0 Å². The molecule has 0 bridgehead atoms. The van der Waals surface area contributed by atoms with Gasteiger partial charge in [0.1, 0.15) is 12.2 Å². The molecule has 2 atom stereocenters. The molecule has 98 valence electrons. The number of carbonyl (C=O) groups excluding carboxylic acids is 1. The number of carbonyl (C=O) groups is 1. The van der Waals surface area contributed by atoms with E-state index in [-0.39, 0.29) is 0 Å². The van der Waals surface area contributed by atoms with E-state index < -0.39 is 24.6 Å². The quantitative estimate of drug-likeness (QED) is 0.320. The summed E-state index contributed by atoms with van der Waals surface area (Å²) in [5.41, 5.74) is 0. The molecule has 0 aromatic heterocycles. The Morgan fingerprint density at radius 3 is 2.53 bits per heavy atom. The molecule has 0 heterocycles. The number of ketones is 1. The second kappa shape index (κ2) is 10.2. The van der Waals surface area contributed by atoms with Gasteiger partial charge in [-0.1, -0.05) is 38.0 Å². The van der Waals surface area contributed by atoms with Crippen molar-refractivity contribution in [1.82, 2.24) is 0 Å². The molecule has 2 unspecified atom stereocenters. The van der Waals surface area contributed by atoms with E-state index in [0.717, 1.165) is 12.8 Å². The van der Waals surface area contributed by atoms with Gasteiger partial charge in [0.2, 0.25) is 0 Å². The Hall–Kier alpha value is -0.970. The maximum atomic E-state index is 11.2. The zero-order valence-electron chi connectivity index (χ0n) is 10.2. The average molecular weight is 242 g/mol. The van der Waals surface area contributed by atoms with E-state index >= 15 is 0 Å². The molecule has 4 nitrogen and oxygen atoms in total. The minimum atomic E-state index is -1.55. The second-order valence-corrected chi connectivity index (χ2v) is 3.88. The number of allylic oxidation sites excluding steroid dienone is 3. The van der Waals surface area contributed by atoms with Gasteiger partial charge in [0.05, 0.1) is 6.61 Å². The van der Waals surface area contributed by atoms with Crippen molar-refractivity contribution in [2.75, 3.05) is 6.61 Å². The molecule has 3 N–H and O–H groups in total. The predicted octanol–water partition coefficient (Wildman–Crippen LogP) is 0.962. The molecular formula is C13H22O4. The van der Waals surface area contributed by atoms with Crippen molar-refractivity contribution in [3.8, 4) is 0 Å². The van der Waals surface area contributed by atoms with E-state index in [2.05, 4.69) is 6.92 Å². The standard InChI is InChI=1S/C13H22O4/c1-2-3-4-5-6-7-8-9-11(15)13(17)12(16)10-14/h6-9,12-14,16-17H,2-5,10H2,1H3. The fourth-order valence-corrected chi connectivity index (χ4v) is 1.23. The normalized spacial score (nSPS) is 15.5. The van der Waals surface area contributed by atoms with Crippen molar-refractivity contribution in [3.63, 3.8) is 0 Å². The van der Waals surface area contributed by atoms with E-state index in [4.69, 9.17) is 10.2 Å². The molecule has 0 aliphatic heterocycles. The first kappa shape index (κ1) is 16.0. The SMILES string of the molecule is CCCCCC=CC=CC(=O)C(O)C(O)CO. The first-order valence-electron chi connectivity index (χ1n) is 5.97. The van der Waals surface area contributed by atoms with Gasteiger partial charge < -0.3 is 15.3 Å². The molecular weight excluding hydrogens is 220 g/mol. The van der Waals surface area contributed by atoms with Crippen LogP contribution in [0.5, 0.6) is 0 Å². The van der Waals surface area contributed by atoms with Crippen molar-refractivity contribution in [2.45, 2.75) is 44.8 Å². The summed E-state index contributed by atoms with van der Waals surface area (Å²) in [6.45, 7) is 1.50. The molecule has 0 radical (unpaired) electrons. The second-order valence-electron chi connectivity index (χ2n) is 3.88. The largest absolute Gasteiger partial charge is 0.394 e. The van der Waals surface area contributed by atoms with Crippen LogP contribution in [0.3, 0.4) is 0 Å². The Morgan fingerprint density at radius 1 is 1.24 bits per heavy atom. The van der Waals surface area contributed by atoms with E-state index in [1.165, 1.54) is 25.0 Å². The molecule has 0 saturated carbocycles. The highest BCUT2D eigenvalue weighted by molar-refractivity contribution is 5.94. The van der Waals surface area contributed by atoms with Crippen LogP contribution in [-0.2, 0) is 4.79 Å². The van der Waals surface area contributed by atoms with Crippen LogP contribution in [0.2, 0.25) is 0 Å². The van der Waals surface area contributed by atoms with Gasteiger partial charge >= 0.3 is 0 Å². The third-order valence-corrected chi connectivity index (χ3v) is 2.33. The molecule has 17 heavy (non-hydrogen) atoms. The summed E-state index contributed by atoms with van der Waals surface area (Å²) < 4.78 is 0. The predicted molar refractivity (Wildman–Crippen MR) is 66.5 cm³/mol. The molecule has 0 aromatic rings. The summed E-state index contributed by atoms with van der Waals surface area (Å²) in [5.74, 6) is -0.607. The first-order valence-corrected chi connectivity index (χ1v) is 5.97. The van der Waals surface area contributed by atoms with Gasteiger partial charge in [-0.05, 0) is 18.9 Å². The van der Waals surface area contributed by atoms with Gasteiger partial charge in [-0.2, -0.15) is 0 Å². The summed E-state index contributed by atoms with van der Waals surface area (Å²) >= 11 is 0. The molecule has 0 aliphatic carbocycles. The molecule has 0 aromatic carbocycles. The highest BCUT2D eigenvalue weighted by Crippen LogP contribution is 2.00. The van der Waals surface area contributed by atoms with Crippen LogP contribution in [0.25, 0.3) is 0 Å². The van der Waals surface area contributed by atoms with Crippen LogP contribution >= 0.6 is 0 Å². The van der Waals surface area contributed by atoms with Crippen molar-refractivity contribution in [1.29, 1.82) is 0 Å². The maximum Gasteiger partial charge on any atom is 0.186 e. The monoisotopic (exact) mass is 242 g/mol. The molecule has 0 amide bonds. The van der Waals surface area contributed by atoms with E-state index in [0.29, 0.717) is 0 Å². The fraction of sp³-hybridized carbons (Fsp3) is 0.615. The lowest BCUT2D eigenvalue weighted by Gasteiger charge is -2.11. The van der Waals surface area contributed by atoms with Gasteiger partial charge in [-0.3, -0.25) is 4.79 Å². The lowest BCUT2D eigenvalue weighted by atomic mass is 10.1. The summed E-state index contributed by atoms with van der Waals surface area (Å²) in [7, 11) is 0. The third kappa shape index (κ3) is 7.85. The van der Waals surface area contributed by atoms with Gasteiger partial charge in [0.25, 0.3) is 0 Å². The highest BCUT2D eigenvalue weighted by Gasteiger charge is 2.20. The molecule has 0 spiro atoms. The Labute approximate surface area is 102 Å². The lowest BCUT2D eigenvalue weighted by Crippen LogP contribution is -2.35. The smallest absolute Gasteiger partial charge is 0.186 e. The average Bonchev–Trinajstić information content (AvgIpc) is 2.35. The van der Waals surface area contributed by atoms with Crippen LogP contribution in [0.15, 0.2) is 24.3 Å². The topological polar surface area (TPSA) is 77.8 Å². The Morgan fingerprint density at radius 2 is 1.94 bits per heavy atom. The highest BCUT2D eigenvalue weighted by atomic mass is 16.4. The lowest BCUT2D eigenvalue weighted by molar-refractivity contribution is -0.129. The molecule has 0 fully saturated rings. The number of aliphatic hydroxyl groups is 3. The fourth-order valence-electron chi connectivity index (χ4n) is 1.23. The van der Waals surface area contributed by atoms with E-state index in [9.17, 15) is 9.90 Å². The number of hydrogen-bond acceptors (Lipinski definition) is 4. The Kier molecular flexibility index (Phi) is 9.62. The molecule has 0 rings (SSSR count). The van der Waals surface area contributed by atoms with Crippen LogP contribution in [0.4, 0.5) is 0 Å². The van der Waals surface area contributed by atoms with Crippen LogP contribution < -0.4 is 0 Å². The van der Waals surface area contributed by atoms with Crippen LogP contribution in [-0.4, -0.2) is 39.9 Å². The molecule has 0 saturated heterocycles. The van der Waals surface area contributed by atoms with Gasteiger partial charge in [0, 0.05) is 0 Å². The molecule has 4 heteroatoms. The summed E-state index contributed by atoms with van der Waals surface area (Å²) in [6, 6.07) is 0. The van der Waals surface area contributed by atoms with Crippen LogP contribution in [0.1, 0.15) is 32.6 Å². The maximum absolute atomic E-state index is 11.2. The number of unbranched alkanes of at least 4 members (excludes halogenated alkanes) is 3. The van der Waals surface area contributed by atoms with Crippen molar-refractivity contribution < 1.29 is 20.1 Å². The summed E-state index contributed by atoms with van der Waals surface area (Å²) in [5, 5.41) is 26.8. The number of rotatable bonds is 9. The number of hydrogen-bond donors (Lipinski definition) is 3. The molecule has 0 aliphatic rings. The summed E-state index contributed by atoms with van der Waals surface area (Å²) in [4.78, 5) is 11.2. The Balaban J connectivity index is 3.87. The summed E-state index contributed by atoms with van der Waals surface area (Å²) in [6.07, 6.45) is 7.91. The van der Waals surface area contributed by atoms with Crippen molar-refractivity contribution in [2.24, 2.45) is 0 Å².